The molecular weight excluding hydrogens is 226 g/mol. The topological polar surface area (TPSA) is 65.7 Å². The standard InChI is InChI=1S/C13H13N5/c1-2-18(10-11-5-3-4-6-15-11)13-12(9-14)16-7-8-17-13/h3-8H,2,10H2,1H3. The summed E-state index contributed by atoms with van der Waals surface area (Å²) in [4.78, 5) is 14.5. The van der Waals surface area contributed by atoms with E-state index in [0.717, 1.165) is 12.2 Å². The van der Waals surface area contributed by atoms with E-state index in [0.29, 0.717) is 18.1 Å². The van der Waals surface area contributed by atoms with Gasteiger partial charge in [-0.15, -0.1) is 0 Å². The Morgan fingerprint density at radius 3 is 2.67 bits per heavy atom. The van der Waals surface area contributed by atoms with Gasteiger partial charge in [0.15, 0.2) is 11.5 Å². The maximum Gasteiger partial charge on any atom is 0.183 e. The average molecular weight is 239 g/mol. The SMILES string of the molecule is CCN(Cc1ccccn1)c1nccnc1C#N. The summed E-state index contributed by atoms with van der Waals surface area (Å²) in [5, 5.41) is 9.03. The molecule has 0 aromatic carbocycles. The second kappa shape index (κ2) is 5.73. The Morgan fingerprint density at radius 1 is 1.17 bits per heavy atom. The first-order chi connectivity index (χ1) is 8.85. The van der Waals surface area contributed by atoms with Gasteiger partial charge in [-0.25, -0.2) is 9.97 Å². The molecule has 0 N–H and O–H groups in total. The molecule has 2 heterocycles. The molecule has 2 rings (SSSR count). The summed E-state index contributed by atoms with van der Waals surface area (Å²) in [5.74, 6) is 0.605. The minimum absolute atomic E-state index is 0.343. The van der Waals surface area contributed by atoms with Crippen LogP contribution in [0.5, 0.6) is 0 Å². The lowest BCUT2D eigenvalue weighted by atomic mass is 10.3. The van der Waals surface area contributed by atoms with Crippen molar-refractivity contribution >= 4 is 5.82 Å². The smallest absolute Gasteiger partial charge is 0.183 e. The molecule has 2 aromatic heterocycles. The molecule has 0 amide bonds. The van der Waals surface area contributed by atoms with Crippen LogP contribution in [0, 0.1) is 11.3 Å². The lowest BCUT2D eigenvalue weighted by molar-refractivity contribution is 0.787. The van der Waals surface area contributed by atoms with Gasteiger partial charge in [0.25, 0.3) is 0 Å². The van der Waals surface area contributed by atoms with E-state index in [1.807, 2.05) is 30.0 Å². The van der Waals surface area contributed by atoms with Crippen molar-refractivity contribution in [2.75, 3.05) is 11.4 Å². The van der Waals surface area contributed by atoms with E-state index in [9.17, 15) is 0 Å². The molecule has 0 aliphatic heterocycles. The van der Waals surface area contributed by atoms with Gasteiger partial charge in [-0.05, 0) is 19.1 Å². The molecule has 5 heteroatoms. The van der Waals surface area contributed by atoms with Crippen LogP contribution in [0.3, 0.4) is 0 Å². The fraction of sp³-hybridized carbons (Fsp3) is 0.231. The Labute approximate surface area is 106 Å². The Kier molecular flexibility index (Phi) is 3.82. The molecule has 0 unspecified atom stereocenters. The van der Waals surface area contributed by atoms with E-state index in [1.165, 1.54) is 6.20 Å². The van der Waals surface area contributed by atoms with Gasteiger partial charge < -0.3 is 4.90 Å². The van der Waals surface area contributed by atoms with E-state index in [2.05, 4.69) is 21.0 Å². The molecule has 0 fully saturated rings. The zero-order valence-corrected chi connectivity index (χ0v) is 10.1. The third-order valence-electron chi connectivity index (χ3n) is 2.55. The van der Waals surface area contributed by atoms with Gasteiger partial charge in [0.2, 0.25) is 0 Å². The second-order valence-corrected chi connectivity index (χ2v) is 3.68. The molecule has 2 aromatic rings. The van der Waals surface area contributed by atoms with E-state index in [4.69, 9.17) is 5.26 Å². The Morgan fingerprint density at radius 2 is 2.00 bits per heavy atom. The number of anilines is 1. The Hall–Kier alpha value is -2.48. The van der Waals surface area contributed by atoms with Crippen LogP contribution < -0.4 is 4.90 Å². The lowest BCUT2D eigenvalue weighted by Crippen LogP contribution is -2.24. The van der Waals surface area contributed by atoms with E-state index >= 15 is 0 Å². The van der Waals surface area contributed by atoms with Crippen molar-refractivity contribution in [1.29, 1.82) is 5.26 Å². The summed E-state index contributed by atoms with van der Waals surface area (Å²) < 4.78 is 0. The minimum Gasteiger partial charge on any atom is -0.349 e. The summed E-state index contributed by atoms with van der Waals surface area (Å²) >= 11 is 0. The molecule has 5 nitrogen and oxygen atoms in total. The number of hydrogen-bond acceptors (Lipinski definition) is 5. The zero-order valence-electron chi connectivity index (χ0n) is 10.1. The summed E-state index contributed by atoms with van der Waals surface area (Å²) in [7, 11) is 0. The predicted molar refractivity (Wildman–Crippen MR) is 67.7 cm³/mol. The molecule has 18 heavy (non-hydrogen) atoms. The van der Waals surface area contributed by atoms with Crippen molar-refractivity contribution in [2.45, 2.75) is 13.5 Å². The summed E-state index contributed by atoms with van der Waals surface area (Å²) in [6, 6.07) is 7.83. The summed E-state index contributed by atoms with van der Waals surface area (Å²) in [5.41, 5.74) is 1.28. The number of hydrogen-bond donors (Lipinski definition) is 0. The molecule has 0 atom stereocenters. The van der Waals surface area contributed by atoms with Gasteiger partial charge in [-0.3, -0.25) is 4.98 Å². The van der Waals surface area contributed by atoms with E-state index in [1.54, 1.807) is 12.4 Å². The molecule has 0 radical (unpaired) electrons. The van der Waals surface area contributed by atoms with Gasteiger partial charge >= 0.3 is 0 Å². The van der Waals surface area contributed by atoms with E-state index in [-0.39, 0.29) is 0 Å². The highest BCUT2D eigenvalue weighted by atomic mass is 15.2. The van der Waals surface area contributed by atoms with Gasteiger partial charge in [0.1, 0.15) is 6.07 Å². The molecule has 0 aliphatic carbocycles. The van der Waals surface area contributed by atoms with Crippen LogP contribution in [0.4, 0.5) is 5.82 Å². The molecule has 0 saturated carbocycles. The number of pyridine rings is 1. The number of aromatic nitrogens is 3. The van der Waals surface area contributed by atoms with Crippen molar-refractivity contribution in [3.8, 4) is 6.07 Å². The fourth-order valence-corrected chi connectivity index (χ4v) is 1.66. The first kappa shape index (κ1) is 12.0. The van der Waals surface area contributed by atoms with Crippen molar-refractivity contribution in [1.82, 2.24) is 15.0 Å². The summed E-state index contributed by atoms with van der Waals surface area (Å²) in [6.45, 7) is 3.37. The normalized spacial score (nSPS) is 9.78. The van der Waals surface area contributed by atoms with Crippen molar-refractivity contribution in [3.05, 3.63) is 48.2 Å². The molecule has 0 spiro atoms. The number of nitrogens with zero attached hydrogens (tertiary/aromatic N) is 5. The minimum atomic E-state index is 0.343. The van der Waals surface area contributed by atoms with Gasteiger partial charge in [-0.1, -0.05) is 6.07 Å². The fourth-order valence-electron chi connectivity index (χ4n) is 1.66. The highest BCUT2D eigenvalue weighted by molar-refractivity contribution is 5.49. The molecular formula is C13H13N5. The first-order valence-corrected chi connectivity index (χ1v) is 5.71. The molecule has 90 valence electrons. The van der Waals surface area contributed by atoms with Crippen molar-refractivity contribution < 1.29 is 0 Å². The maximum atomic E-state index is 9.03. The predicted octanol–water partition coefficient (Wildman–Crippen LogP) is 1.77. The van der Waals surface area contributed by atoms with Gasteiger partial charge in [0, 0.05) is 25.1 Å². The molecule has 0 saturated heterocycles. The Balaban J connectivity index is 2.27. The van der Waals surface area contributed by atoms with Gasteiger partial charge in [0.05, 0.1) is 12.2 Å². The van der Waals surface area contributed by atoms with Gasteiger partial charge in [-0.2, -0.15) is 5.26 Å². The third-order valence-corrected chi connectivity index (χ3v) is 2.55. The second-order valence-electron chi connectivity index (χ2n) is 3.68. The maximum absolute atomic E-state index is 9.03. The van der Waals surface area contributed by atoms with Crippen molar-refractivity contribution in [2.24, 2.45) is 0 Å². The molecule has 0 aliphatic rings. The largest absolute Gasteiger partial charge is 0.349 e. The van der Waals surface area contributed by atoms with Crippen LogP contribution in [-0.4, -0.2) is 21.5 Å². The van der Waals surface area contributed by atoms with Crippen LogP contribution in [0.15, 0.2) is 36.8 Å². The first-order valence-electron chi connectivity index (χ1n) is 5.71. The van der Waals surface area contributed by atoms with Crippen LogP contribution in [0.2, 0.25) is 0 Å². The van der Waals surface area contributed by atoms with E-state index < -0.39 is 0 Å². The highest BCUT2D eigenvalue weighted by Crippen LogP contribution is 2.15. The number of nitriles is 1. The van der Waals surface area contributed by atoms with Crippen LogP contribution in [0.1, 0.15) is 18.3 Å². The average Bonchev–Trinajstić information content (AvgIpc) is 2.46. The van der Waals surface area contributed by atoms with Crippen molar-refractivity contribution in [3.63, 3.8) is 0 Å². The van der Waals surface area contributed by atoms with Crippen LogP contribution in [0.25, 0.3) is 0 Å². The lowest BCUT2D eigenvalue weighted by Gasteiger charge is -2.21. The zero-order chi connectivity index (χ0) is 12.8. The monoisotopic (exact) mass is 239 g/mol. The summed E-state index contributed by atoms with van der Waals surface area (Å²) in [6.07, 6.45) is 4.87. The number of rotatable bonds is 4. The quantitative estimate of drug-likeness (QED) is 0.813. The van der Waals surface area contributed by atoms with Crippen LogP contribution in [-0.2, 0) is 6.54 Å². The Bertz CT molecular complexity index is 547. The van der Waals surface area contributed by atoms with Crippen LogP contribution >= 0.6 is 0 Å². The molecule has 0 bridgehead atoms. The highest BCUT2D eigenvalue weighted by Gasteiger charge is 2.12. The third kappa shape index (κ3) is 2.61.